The van der Waals surface area contributed by atoms with E-state index in [9.17, 15) is 9.59 Å². The zero-order chi connectivity index (χ0) is 15.9. The molecule has 1 amide bonds. The van der Waals surface area contributed by atoms with Crippen LogP contribution in [-0.4, -0.2) is 35.5 Å². The number of hydrogen-bond donors (Lipinski definition) is 0. The Morgan fingerprint density at radius 3 is 2.62 bits per heavy atom. The molecule has 0 N–H and O–H groups in total. The van der Waals surface area contributed by atoms with Crippen molar-refractivity contribution >= 4 is 11.9 Å². The summed E-state index contributed by atoms with van der Waals surface area (Å²) in [6.45, 7) is 10.4. The first-order valence-electron chi connectivity index (χ1n) is 7.95. The maximum Gasteiger partial charge on any atom is 0.410 e. The number of amides is 1. The molecule has 1 aliphatic rings. The Hall–Kier alpha value is -1.32. The highest BCUT2D eigenvalue weighted by Gasteiger charge is 2.32. The Labute approximate surface area is 128 Å². The van der Waals surface area contributed by atoms with Crippen LogP contribution in [0.3, 0.4) is 0 Å². The molecule has 0 saturated carbocycles. The van der Waals surface area contributed by atoms with Crippen molar-refractivity contribution in [2.24, 2.45) is 5.92 Å². The highest BCUT2D eigenvalue weighted by molar-refractivity contribution is 5.82. The first-order valence-corrected chi connectivity index (χ1v) is 7.95. The minimum atomic E-state index is -0.482. The maximum absolute atomic E-state index is 12.1. The lowest BCUT2D eigenvalue weighted by Gasteiger charge is -2.24. The monoisotopic (exact) mass is 295 g/mol. The smallest absolute Gasteiger partial charge is 0.410 e. The fraction of sp³-hybridized carbons (Fsp3) is 0.765. The van der Waals surface area contributed by atoms with Crippen LogP contribution in [0.1, 0.15) is 59.3 Å². The molecule has 0 bridgehead atoms. The molecular formula is C17H29NO3. The number of nitrogens with zero attached hydrogens (tertiary/aromatic N) is 1. The second kappa shape index (κ2) is 8.20. The average Bonchev–Trinajstić information content (AvgIpc) is 2.86. The Kier molecular flexibility index (Phi) is 6.93. The van der Waals surface area contributed by atoms with E-state index < -0.39 is 5.60 Å². The minimum absolute atomic E-state index is 0.00285. The molecule has 0 radical (unpaired) electrons. The second-order valence-corrected chi connectivity index (χ2v) is 6.77. The third-order valence-corrected chi connectivity index (χ3v) is 3.63. The summed E-state index contributed by atoms with van der Waals surface area (Å²) in [4.78, 5) is 25.7. The van der Waals surface area contributed by atoms with Gasteiger partial charge in [0.2, 0.25) is 0 Å². The molecule has 0 spiro atoms. The number of rotatable bonds is 7. The lowest BCUT2D eigenvalue weighted by Crippen LogP contribution is -2.35. The molecule has 0 aromatic heterocycles. The van der Waals surface area contributed by atoms with Gasteiger partial charge in [-0.15, -0.1) is 6.58 Å². The number of ether oxygens (including phenoxy) is 1. The SMILES string of the molecule is C=CCCCCCC(=O)C1CCN(C(=O)OC(C)(C)C)C1. The summed E-state index contributed by atoms with van der Waals surface area (Å²) in [6, 6.07) is 0. The maximum atomic E-state index is 12.1. The van der Waals surface area contributed by atoms with Crippen LogP contribution in [0.25, 0.3) is 0 Å². The minimum Gasteiger partial charge on any atom is -0.444 e. The van der Waals surface area contributed by atoms with Crippen LogP contribution in [-0.2, 0) is 9.53 Å². The quantitative estimate of drug-likeness (QED) is 0.528. The van der Waals surface area contributed by atoms with Gasteiger partial charge in [0.05, 0.1) is 0 Å². The molecule has 1 saturated heterocycles. The zero-order valence-corrected chi connectivity index (χ0v) is 13.7. The average molecular weight is 295 g/mol. The molecule has 1 heterocycles. The zero-order valence-electron chi connectivity index (χ0n) is 13.7. The number of Topliss-reactive ketones (excluding diaryl/α,β-unsaturated/α-hetero) is 1. The number of unbranched alkanes of at least 4 members (excludes halogenated alkanes) is 3. The standard InChI is InChI=1S/C17H29NO3/c1-5-6-7-8-9-10-15(19)14-11-12-18(13-14)16(20)21-17(2,3)4/h5,14H,1,6-13H2,2-4H3. The van der Waals surface area contributed by atoms with Gasteiger partial charge in [-0.1, -0.05) is 12.5 Å². The molecule has 1 rings (SSSR count). The van der Waals surface area contributed by atoms with Gasteiger partial charge in [-0.05, 0) is 46.5 Å². The van der Waals surface area contributed by atoms with E-state index in [2.05, 4.69) is 6.58 Å². The molecule has 21 heavy (non-hydrogen) atoms. The molecule has 4 nitrogen and oxygen atoms in total. The molecule has 0 aliphatic carbocycles. The van der Waals surface area contributed by atoms with Crippen molar-refractivity contribution in [2.45, 2.75) is 64.9 Å². The van der Waals surface area contributed by atoms with Gasteiger partial charge < -0.3 is 9.64 Å². The lowest BCUT2D eigenvalue weighted by molar-refractivity contribution is -0.122. The van der Waals surface area contributed by atoms with E-state index in [1.54, 1.807) is 4.90 Å². The molecule has 1 fully saturated rings. The topological polar surface area (TPSA) is 46.6 Å². The van der Waals surface area contributed by atoms with Crippen molar-refractivity contribution in [3.63, 3.8) is 0 Å². The fourth-order valence-electron chi connectivity index (χ4n) is 2.48. The van der Waals surface area contributed by atoms with Gasteiger partial charge in [0, 0.05) is 25.4 Å². The molecule has 1 atom stereocenters. The summed E-state index contributed by atoms with van der Waals surface area (Å²) in [7, 11) is 0. The Balaban J connectivity index is 2.28. The van der Waals surface area contributed by atoms with Crippen molar-refractivity contribution in [1.82, 2.24) is 4.90 Å². The van der Waals surface area contributed by atoms with Gasteiger partial charge in [-0.25, -0.2) is 4.79 Å². The van der Waals surface area contributed by atoms with Gasteiger partial charge in [0.25, 0.3) is 0 Å². The summed E-state index contributed by atoms with van der Waals surface area (Å²) < 4.78 is 5.34. The van der Waals surface area contributed by atoms with Crippen LogP contribution in [0.15, 0.2) is 12.7 Å². The summed E-state index contributed by atoms with van der Waals surface area (Å²) in [5, 5.41) is 0. The molecule has 4 heteroatoms. The molecule has 0 aromatic carbocycles. The highest BCUT2D eigenvalue weighted by atomic mass is 16.6. The number of carbonyl (C=O) groups is 2. The van der Waals surface area contributed by atoms with Gasteiger partial charge >= 0.3 is 6.09 Å². The first-order chi connectivity index (χ1) is 9.83. The van der Waals surface area contributed by atoms with Crippen LogP contribution in [0.2, 0.25) is 0 Å². The number of allylic oxidation sites excluding steroid dienone is 1. The van der Waals surface area contributed by atoms with Crippen LogP contribution in [0.4, 0.5) is 4.79 Å². The van der Waals surface area contributed by atoms with Crippen molar-refractivity contribution in [3.05, 3.63) is 12.7 Å². The largest absolute Gasteiger partial charge is 0.444 e. The van der Waals surface area contributed by atoms with E-state index in [1.807, 2.05) is 26.8 Å². The normalized spacial score (nSPS) is 18.6. The summed E-state index contributed by atoms with van der Waals surface area (Å²) in [5.41, 5.74) is -0.482. The third-order valence-electron chi connectivity index (χ3n) is 3.63. The van der Waals surface area contributed by atoms with Crippen LogP contribution in [0, 0.1) is 5.92 Å². The van der Waals surface area contributed by atoms with Gasteiger partial charge in [0.1, 0.15) is 11.4 Å². The molecular weight excluding hydrogens is 266 g/mol. The van der Waals surface area contributed by atoms with Gasteiger partial charge in [0.15, 0.2) is 0 Å². The molecule has 1 aliphatic heterocycles. The first kappa shape index (κ1) is 17.7. The van der Waals surface area contributed by atoms with Crippen molar-refractivity contribution in [2.75, 3.05) is 13.1 Å². The van der Waals surface area contributed by atoms with Crippen LogP contribution >= 0.6 is 0 Å². The molecule has 1 unspecified atom stereocenters. The lowest BCUT2D eigenvalue weighted by atomic mass is 9.98. The van der Waals surface area contributed by atoms with E-state index in [0.717, 1.165) is 32.1 Å². The van der Waals surface area contributed by atoms with E-state index in [4.69, 9.17) is 4.74 Å². The number of carbonyl (C=O) groups excluding carboxylic acids is 2. The fourth-order valence-corrected chi connectivity index (χ4v) is 2.48. The van der Waals surface area contributed by atoms with Gasteiger partial charge in [-0.2, -0.15) is 0 Å². The van der Waals surface area contributed by atoms with Crippen molar-refractivity contribution < 1.29 is 14.3 Å². The number of ketones is 1. The van der Waals surface area contributed by atoms with Crippen LogP contribution < -0.4 is 0 Å². The predicted molar refractivity (Wildman–Crippen MR) is 84.2 cm³/mol. The second-order valence-electron chi connectivity index (χ2n) is 6.77. The molecule has 0 aromatic rings. The Morgan fingerprint density at radius 2 is 2.00 bits per heavy atom. The van der Waals surface area contributed by atoms with E-state index >= 15 is 0 Å². The number of likely N-dealkylation sites (tertiary alicyclic amines) is 1. The third kappa shape index (κ3) is 6.78. The van der Waals surface area contributed by atoms with E-state index in [0.29, 0.717) is 25.3 Å². The van der Waals surface area contributed by atoms with E-state index in [1.165, 1.54) is 0 Å². The van der Waals surface area contributed by atoms with E-state index in [-0.39, 0.29) is 12.0 Å². The van der Waals surface area contributed by atoms with Crippen molar-refractivity contribution in [1.29, 1.82) is 0 Å². The summed E-state index contributed by atoms with van der Waals surface area (Å²) in [6.07, 6.45) is 7.14. The summed E-state index contributed by atoms with van der Waals surface area (Å²) in [5.74, 6) is 0.289. The Bertz CT molecular complexity index is 371. The Morgan fingerprint density at radius 1 is 1.29 bits per heavy atom. The predicted octanol–water partition coefficient (Wildman–Crippen LogP) is 3.95. The van der Waals surface area contributed by atoms with Crippen molar-refractivity contribution in [3.8, 4) is 0 Å². The summed E-state index contributed by atoms with van der Waals surface area (Å²) >= 11 is 0. The number of hydrogen-bond acceptors (Lipinski definition) is 3. The molecule has 120 valence electrons. The van der Waals surface area contributed by atoms with Gasteiger partial charge in [-0.3, -0.25) is 4.79 Å². The highest BCUT2D eigenvalue weighted by Crippen LogP contribution is 2.22. The van der Waals surface area contributed by atoms with Crippen LogP contribution in [0.5, 0.6) is 0 Å².